The van der Waals surface area contributed by atoms with Crippen LogP contribution in [-0.4, -0.2) is 29.5 Å². The van der Waals surface area contributed by atoms with E-state index in [1.807, 2.05) is 12.1 Å². The summed E-state index contributed by atoms with van der Waals surface area (Å²) in [4.78, 5) is 0. The van der Waals surface area contributed by atoms with Crippen molar-refractivity contribution in [3.05, 3.63) is 72.3 Å². The van der Waals surface area contributed by atoms with Gasteiger partial charge in [-0.15, -0.1) is 45.7 Å². The fourth-order valence-corrected chi connectivity index (χ4v) is 8.16. The molecule has 0 radical (unpaired) electrons. The van der Waals surface area contributed by atoms with Gasteiger partial charge in [0.25, 0.3) is 0 Å². The van der Waals surface area contributed by atoms with E-state index in [1.165, 1.54) is 6.42 Å². The van der Waals surface area contributed by atoms with Gasteiger partial charge in [0, 0.05) is 22.2 Å². The minimum atomic E-state index is -0.0435. The summed E-state index contributed by atoms with van der Waals surface area (Å²) in [7, 11) is 0. The highest BCUT2D eigenvalue weighted by Crippen LogP contribution is 2.66. The second-order valence-corrected chi connectivity index (χ2v) is 11.3. The predicted octanol–water partition coefficient (Wildman–Crippen LogP) is 5.22. The zero-order chi connectivity index (χ0) is 22.9. The van der Waals surface area contributed by atoms with Crippen LogP contribution in [0.2, 0.25) is 0 Å². The van der Waals surface area contributed by atoms with Gasteiger partial charge in [0.15, 0.2) is 10.3 Å². The van der Waals surface area contributed by atoms with Crippen LogP contribution in [0.1, 0.15) is 50.2 Å². The Labute approximate surface area is 209 Å². The lowest BCUT2D eigenvalue weighted by Gasteiger charge is -2.61. The van der Waals surface area contributed by atoms with Gasteiger partial charge in [0.2, 0.25) is 0 Å². The molecule has 0 aliphatic heterocycles. The maximum Gasteiger partial charge on any atom is 0.192 e. The van der Waals surface area contributed by atoms with Crippen molar-refractivity contribution in [1.29, 1.82) is 0 Å². The van der Waals surface area contributed by atoms with Crippen molar-refractivity contribution in [2.75, 3.05) is 0 Å². The van der Waals surface area contributed by atoms with Gasteiger partial charge < -0.3 is 0 Å². The molecule has 8 heteroatoms. The molecule has 0 unspecified atom stereocenters. The smallest absolute Gasteiger partial charge is 0.192 e. The Morgan fingerprint density at radius 3 is 1.44 bits per heavy atom. The van der Waals surface area contributed by atoms with Crippen LogP contribution in [0.5, 0.6) is 0 Å². The number of benzene rings is 2. The quantitative estimate of drug-likeness (QED) is 0.389. The first kappa shape index (κ1) is 20.8. The number of aromatic nitrogens is 6. The summed E-state index contributed by atoms with van der Waals surface area (Å²) in [6.07, 6.45) is 6.90. The van der Waals surface area contributed by atoms with Gasteiger partial charge in [-0.3, -0.25) is 9.13 Å². The molecule has 4 saturated carbocycles. The van der Waals surface area contributed by atoms with E-state index < -0.39 is 0 Å². The third-order valence-corrected chi connectivity index (χ3v) is 8.91. The standard InChI is InChI=1S/C26H26N6S2/c33-23-29-27-21(31(23)19-7-3-1-4-8-19)25-12-17-11-18(13-25)15-26(14-17,16-25)22-28-30-24(34)32(22)20-9-5-2-6-10-20/h1-10,17-18H,11-16H2,(H,29,33)(H,30,34). The van der Waals surface area contributed by atoms with Crippen LogP contribution in [0.3, 0.4) is 0 Å². The predicted molar refractivity (Wildman–Crippen MR) is 135 cm³/mol. The second kappa shape index (κ2) is 7.46. The van der Waals surface area contributed by atoms with Crippen molar-refractivity contribution in [2.24, 2.45) is 11.8 Å². The first-order valence-corrected chi connectivity index (χ1v) is 12.9. The maximum absolute atomic E-state index is 4.77. The summed E-state index contributed by atoms with van der Waals surface area (Å²) in [5.41, 5.74) is 2.06. The number of nitrogens with zero attached hydrogens (tertiary/aromatic N) is 6. The van der Waals surface area contributed by atoms with Gasteiger partial charge in [-0.2, -0.15) is 0 Å². The molecule has 0 spiro atoms. The fourth-order valence-electron chi connectivity index (χ4n) is 7.65. The summed E-state index contributed by atoms with van der Waals surface area (Å²) < 4.78 is 4.33. The summed E-state index contributed by atoms with van der Waals surface area (Å²) >= 11 is 9.42. The SMILES string of the molecule is Sc1nnc(C23CC4CC(C2)CC(c2nnc(S)n2-c2ccccc2)(C4)C3)n1-c1ccccc1. The van der Waals surface area contributed by atoms with E-state index in [-0.39, 0.29) is 10.8 Å². The third kappa shape index (κ3) is 2.97. The van der Waals surface area contributed by atoms with Gasteiger partial charge in [0.1, 0.15) is 11.6 Å². The number of hydrogen-bond donors (Lipinski definition) is 2. The van der Waals surface area contributed by atoms with Gasteiger partial charge in [-0.1, -0.05) is 36.4 Å². The summed E-state index contributed by atoms with van der Waals surface area (Å²) in [5, 5.41) is 19.7. The van der Waals surface area contributed by atoms with Crippen molar-refractivity contribution in [2.45, 2.75) is 59.7 Å². The van der Waals surface area contributed by atoms with Crippen LogP contribution in [0.15, 0.2) is 71.0 Å². The van der Waals surface area contributed by atoms with Gasteiger partial charge >= 0.3 is 0 Å². The molecule has 4 aliphatic carbocycles. The normalized spacial score (nSPS) is 29.6. The molecule has 172 valence electrons. The fraction of sp³-hybridized carbons (Fsp3) is 0.385. The Balaban J connectivity index is 1.38. The van der Waals surface area contributed by atoms with E-state index in [2.05, 4.69) is 67.9 Å². The molecule has 6 nitrogen and oxygen atoms in total. The average molecular weight is 487 g/mol. The monoisotopic (exact) mass is 486 g/mol. The molecule has 4 aromatic rings. The largest absolute Gasteiger partial charge is 0.274 e. The Bertz CT molecular complexity index is 1250. The highest BCUT2D eigenvalue weighted by atomic mass is 32.1. The zero-order valence-corrected chi connectivity index (χ0v) is 20.5. The second-order valence-electron chi connectivity index (χ2n) is 10.5. The number of rotatable bonds is 4. The van der Waals surface area contributed by atoms with E-state index in [9.17, 15) is 0 Å². The molecule has 0 saturated heterocycles. The van der Waals surface area contributed by atoms with E-state index in [4.69, 9.17) is 35.5 Å². The van der Waals surface area contributed by atoms with Crippen LogP contribution >= 0.6 is 25.3 Å². The van der Waals surface area contributed by atoms with E-state index in [0.717, 1.165) is 55.1 Å². The molecule has 8 rings (SSSR count). The van der Waals surface area contributed by atoms with Crippen LogP contribution < -0.4 is 0 Å². The number of para-hydroxylation sites is 2. The van der Waals surface area contributed by atoms with Crippen molar-refractivity contribution in [1.82, 2.24) is 29.5 Å². The molecule has 4 fully saturated rings. The minimum absolute atomic E-state index is 0.0435. The molecule has 0 N–H and O–H groups in total. The summed E-state index contributed by atoms with van der Waals surface area (Å²) in [6, 6.07) is 20.8. The third-order valence-electron chi connectivity index (χ3n) is 8.33. The van der Waals surface area contributed by atoms with Crippen LogP contribution in [0.25, 0.3) is 11.4 Å². The highest BCUT2D eigenvalue weighted by molar-refractivity contribution is 7.80. The van der Waals surface area contributed by atoms with Crippen molar-refractivity contribution in [3.63, 3.8) is 0 Å². The maximum atomic E-state index is 4.77. The van der Waals surface area contributed by atoms with Gasteiger partial charge in [0.05, 0.1) is 0 Å². The molecule has 4 aliphatic rings. The summed E-state index contributed by atoms with van der Waals surface area (Å²) in [6.45, 7) is 0. The molecular formula is C26H26N6S2. The molecule has 34 heavy (non-hydrogen) atoms. The Hall–Kier alpha value is -2.58. The lowest BCUT2D eigenvalue weighted by Crippen LogP contribution is -2.57. The van der Waals surface area contributed by atoms with Crippen molar-refractivity contribution >= 4 is 25.3 Å². The molecule has 0 amide bonds. The molecular weight excluding hydrogens is 460 g/mol. The average Bonchev–Trinajstić information content (AvgIpc) is 3.43. The van der Waals surface area contributed by atoms with Crippen LogP contribution in [0.4, 0.5) is 0 Å². The number of thiol groups is 2. The van der Waals surface area contributed by atoms with Crippen molar-refractivity contribution in [3.8, 4) is 11.4 Å². The van der Waals surface area contributed by atoms with Gasteiger partial charge in [-0.05, 0) is 74.6 Å². The molecule has 2 aromatic heterocycles. The zero-order valence-electron chi connectivity index (χ0n) is 18.7. The topological polar surface area (TPSA) is 61.4 Å². The van der Waals surface area contributed by atoms with Crippen LogP contribution in [-0.2, 0) is 10.8 Å². The molecule has 2 heterocycles. The Kier molecular flexibility index (Phi) is 4.55. The van der Waals surface area contributed by atoms with Crippen molar-refractivity contribution < 1.29 is 0 Å². The highest BCUT2D eigenvalue weighted by Gasteiger charge is 2.62. The molecule has 4 bridgehead atoms. The van der Waals surface area contributed by atoms with E-state index in [1.54, 1.807) is 0 Å². The first-order chi connectivity index (χ1) is 16.6. The minimum Gasteiger partial charge on any atom is -0.274 e. The Morgan fingerprint density at radius 1 is 0.618 bits per heavy atom. The summed E-state index contributed by atoms with van der Waals surface area (Å²) in [5.74, 6) is 3.41. The van der Waals surface area contributed by atoms with Crippen LogP contribution in [0, 0.1) is 11.8 Å². The first-order valence-electron chi connectivity index (χ1n) is 12.0. The lowest BCUT2D eigenvalue weighted by atomic mass is 9.43. The van der Waals surface area contributed by atoms with Gasteiger partial charge in [-0.25, -0.2) is 0 Å². The van der Waals surface area contributed by atoms with E-state index in [0.29, 0.717) is 22.1 Å². The van der Waals surface area contributed by atoms with E-state index >= 15 is 0 Å². The Morgan fingerprint density at radius 2 is 1.03 bits per heavy atom. The lowest BCUT2D eigenvalue weighted by molar-refractivity contribution is -0.0372. The number of hydrogen-bond acceptors (Lipinski definition) is 6. The molecule has 0 atom stereocenters. The molecule has 2 aromatic carbocycles.